The van der Waals surface area contributed by atoms with Gasteiger partial charge >= 0.3 is 0 Å². The molecule has 0 aliphatic carbocycles. The van der Waals surface area contributed by atoms with Crippen molar-refractivity contribution in [3.8, 4) is 16.9 Å². The van der Waals surface area contributed by atoms with Crippen molar-refractivity contribution in [2.75, 3.05) is 19.5 Å². The molecule has 164 valence electrons. The minimum absolute atomic E-state index is 0.123. The quantitative estimate of drug-likeness (QED) is 0.493. The van der Waals surface area contributed by atoms with Crippen LogP contribution in [0.25, 0.3) is 16.8 Å². The molecular weight excluding hydrogens is 413 g/mol. The van der Waals surface area contributed by atoms with Crippen LogP contribution in [0.2, 0.25) is 0 Å². The molecule has 0 bridgehead atoms. The number of halogens is 1. The summed E-state index contributed by atoms with van der Waals surface area (Å²) in [5.41, 5.74) is 4.59. The number of hydrogen-bond donors (Lipinski definition) is 1. The van der Waals surface area contributed by atoms with Gasteiger partial charge in [0.1, 0.15) is 11.6 Å². The molecule has 2 aromatic carbocycles. The zero-order valence-electron chi connectivity index (χ0n) is 18.1. The Balaban J connectivity index is 1.78. The molecule has 4 aromatic rings. The van der Waals surface area contributed by atoms with Crippen LogP contribution in [-0.2, 0) is 11.3 Å². The molecule has 9 heteroatoms. The number of benzene rings is 2. The predicted molar refractivity (Wildman–Crippen MR) is 117 cm³/mol. The van der Waals surface area contributed by atoms with Gasteiger partial charge in [0.25, 0.3) is 5.91 Å². The third-order valence-corrected chi connectivity index (χ3v) is 5.07. The SMILES string of the molecule is COCc1nn2c(C)c(C(=O)Nc3cc(C)ccc3OC)nnc2c1-c1ccc(F)cc1. The molecule has 0 aliphatic rings. The van der Waals surface area contributed by atoms with Gasteiger partial charge in [-0.2, -0.15) is 5.10 Å². The second-order valence-corrected chi connectivity index (χ2v) is 7.29. The molecular formula is C23H22FN5O3. The van der Waals surface area contributed by atoms with E-state index in [1.165, 1.54) is 19.2 Å². The molecule has 0 fully saturated rings. The van der Waals surface area contributed by atoms with Crippen LogP contribution in [0, 0.1) is 19.7 Å². The molecule has 0 atom stereocenters. The highest BCUT2D eigenvalue weighted by Crippen LogP contribution is 2.30. The van der Waals surface area contributed by atoms with E-state index in [2.05, 4.69) is 20.6 Å². The summed E-state index contributed by atoms with van der Waals surface area (Å²) in [5, 5.41) is 15.9. The second-order valence-electron chi connectivity index (χ2n) is 7.29. The van der Waals surface area contributed by atoms with Gasteiger partial charge in [-0.15, -0.1) is 10.2 Å². The molecule has 1 amide bonds. The fraction of sp³-hybridized carbons (Fsp3) is 0.217. The van der Waals surface area contributed by atoms with Crippen LogP contribution < -0.4 is 10.1 Å². The van der Waals surface area contributed by atoms with Crippen LogP contribution in [0.15, 0.2) is 42.5 Å². The Morgan fingerprint density at radius 1 is 1.09 bits per heavy atom. The Morgan fingerprint density at radius 3 is 2.53 bits per heavy atom. The summed E-state index contributed by atoms with van der Waals surface area (Å²) in [6, 6.07) is 11.5. The lowest BCUT2D eigenvalue weighted by Gasteiger charge is -2.11. The van der Waals surface area contributed by atoms with Crippen molar-refractivity contribution in [2.45, 2.75) is 20.5 Å². The van der Waals surface area contributed by atoms with E-state index in [4.69, 9.17) is 9.47 Å². The first-order valence-corrected chi connectivity index (χ1v) is 9.88. The number of nitrogens with one attached hydrogen (secondary N) is 1. The van der Waals surface area contributed by atoms with E-state index in [-0.39, 0.29) is 18.1 Å². The maximum atomic E-state index is 13.4. The highest BCUT2D eigenvalue weighted by atomic mass is 19.1. The summed E-state index contributed by atoms with van der Waals surface area (Å²) in [6.45, 7) is 3.88. The Labute approximate surface area is 184 Å². The molecule has 0 unspecified atom stereocenters. The van der Waals surface area contributed by atoms with Gasteiger partial charge in [0.05, 0.1) is 36.4 Å². The van der Waals surface area contributed by atoms with E-state index in [0.29, 0.717) is 34.0 Å². The largest absolute Gasteiger partial charge is 0.495 e. The molecule has 0 spiro atoms. The molecule has 2 heterocycles. The van der Waals surface area contributed by atoms with Gasteiger partial charge in [-0.3, -0.25) is 4.79 Å². The average molecular weight is 435 g/mol. The topological polar surface area (TPSA) is 90.6 Å². The van der Waals surface area contributed by atoms with Gasteiger partial charge in [-0.05, 0) is 49.2 Å². The van der Waals surface area contributed by atoms with Crippen LogP contribution in [-0.4, -0.2) is 39.9 Å². The van der Waals surface area contributed by atoms with Crippen molar-refractivity contribution in [3.63, 3.8) is 0 Å². The van der Waals surface area contributed by atoms with E-state index >= 15 is 0 Å². The zero-order valence-corrected chi connectivity index (χ0v) is 18.1. The first-order chi connectivity index (χ1) is 15.4. The number of amides is 1. The molecule has 0 saturated heterocycles. The van der Waals surface area contributed by atoms with Crippen molar-refractivity contribution in [3.05, 3.63) is 70.9 Å². The summed E-state index contributed by atoms with van der Waals surface area (Å²) < 4.78 is 25.6. The number of methoxy groups -OCH3 is 2. The first kappa shape index (κ1) is 21.4. The van der Waals surface area contributed by atoms with Crippen molar-refractivity contribution < 1.29 is 18.7 Å². The van der Waals surface area contributed by atoms with Gasteiger partial charge in [0.15, 0.2) is 11.3 Å². The van der Waals surface area contributed by atoms with E-state index in [1.807, 2.05) is 19.1 Å². The van der Waals surface area contributed by atoms with Gasteiger partial charge in [-0.1, -0.05) is 18.2 Å². The first-order valence-electron chi connectivity index (χ1n) is 9.88. The van der Waals surface area contributed by atoms with Crippen molar-refractivity contribution >= 4 is 17.2 Å². The van der Waals surface area contributed by atoms with Gasteiger partial charge in [0.2, 0.25) is 0 Å². The molecule has 0 radical (unpaired) electrons. The normalized spacial score (nSPS) is 11.0. The summed E-state index contributed by atoms with van der Waals surface area (Å²) in [6.07, 6.45) is 0. The van der Waals surface area contributed by atoms with Gasteiger partial charge < -0.3 is 14.8 Å². The van der Waals surface area contributed by atoms with E-state index < -0.39 is 5.91 Å². The number of fused-ring (bicyclic) bond motifs is 1. The molecule has 0 aliphatic heterocycles. The number of ether oxygens (including phenoxy) is 2. The molecule has 0 saturated carbocycles. The smallest absolute Gasteiger partial charge is 0.278 e. The van der Waals surface area contributed by atoms with E-state index in [0.717, 1.165) is 11.1 Å². The number of rotatable bonds is 6. The third kappa shape index (κ3) is 3.90. The number of carbonyl (C=O) groups excluding carboxylic acids is 1. The Hall–Kier alpha value is -3.85. The number of aryl methyl sites for hydroxylation is 2. The minimum atomic E-state index is -0.437. The van der Waals surface area contributed by atoms with Gasteiger partial charge in [0, 0.05) is 7.11 Å². The molecule has 1 N–H and O–H groups in total. The van der Waals surface area contributed by atoms with Crippen LogP contribution in [0.4, 0.5) is 10.1 Å². The predicted octanol–water partition coefficient (Wildman–Crippen LogP) is 3.95. The Morgan fingerprint density at radius 2 is 1.84 bits per heavy atom. The lowest BCUT2D eigenvalue weighted by Crippen LogP contribution is -2.19. The highest BCUT2D eigenvalue weighted by molar-refractivity contribution is 6.04. The van der Waals surface area contributed by atoms with E-state index in [9.17, 15) is 9.18 Å². The lowest BCUT2D eigenvalue weighted by molar-refractivity contribution is 0.101. The van der Waals surface area contributed by atoms with Gasteiger partial charge in [-0.25, -0.2) is 8.91 Å². The molecule has 32 heavy (non-hydrogen) atoms. The third-order valence-electron chi connectivity index (χ3n) is 5.07. The van der Waals surface area contributed by atoms with Crippen LogP contribution in [0.3, 0.4) is 0 Å². The van der Waals surface area contributed by atoms with Crippen molar-refractivity contribution in [1.82, 2.24) is 19.8 Å². The van der Waals surface area contributed by atoms with Crippen molar-refractivity contribution in [1.29, 1.82) is 0 Å². The standard InChI is InChI=1S/C23H22FN5O3/c1-13-5-10-19(32-4)17(11-13)25-23(30)21-14(2)29-22(27-26-21)20(18(28-29)12-31-3)15-6-8-16(24)9-7-15/h5-11H,12H2,1-4H3,(H,25,30). The fourth-order valence-corrected chi connectivity index (χ4v) is 3.51. The number of hydrogen-bond acceptors (Lipinski definition) is 6. The fourth-order valence-electron chi connectivity index (χ4n) is 3.51. The highest BCUT2D eigenvalue weighted by Gasteiger charge is 2.22. The summed E-state index contributed by atoms with van der Waals surface area (Å²) >= 11 is 0. The Kier molecular flexibility index (Phi) is 5.83. The molecule has 4 rings (SSSR count). The van der Waals surface area contributed by atoms with E-state index in [1.54, 1.807) is 36.7 Å². The number of nitrogens with zero attached hydrogens (tertiary/aromatic N) is 4. The van der Waals surface area contributed by atoms with Crippen LogP contribution in [0.1, 0.15) is 27.4 Å². The maximum absolute atomic E-state index is 13.4. The van der Waals surface area contributed by atoms with Crippen LogP contribution >= 0.6 is 0 Å². The summed E-state index contributed by atoms with van der Waals surface area (Å²) in [7, 11) is 3.10. The molecule has 2 aromatic heterocycles. The van der Waals surface area contributed by atoms with Crippen LogP contribution in [0.5, 0.6) is 5.75 Å². The number of aromatic nitrogens is 4. The number of carbonyl (C=O) groups is 1. The summed E-state index contributed by atoms with van der Waals surface area (Å²) in [5.74, 6) is -0.241. The van der Waals surface area contributed by atoms with Crippen molar-refractivity contribution in [2.24, 2.45) is 0 Å². The Bertz CT molecular complexity index is 1300. The minimum Gasteiger partial charge on any atom is -0.495 e. The summed E-state index contributed by atoms with van der Waals surface area (Å²) in [4.78, 5) is 13.0. The lowest BCUT2D eigenvalue weighted by atomic mass is 10.1. The average Bonchev–Trinajstić information content (AvgIpc) is 3.14. The number of anilines is 1. The second kappa shape index (κ2) is 8.72. The zero-order chi connectivity index (χ0) is 22.8. The molecule has 8 nitrogen and oxygen atoms in total. The maximum Gasteiger partial charge on any atom is 0.278 e. The monoisotopic (exact) mass is 435 g/mol.